The summed E-state index contributed by atoms with van der Waals surface area (Å²) in [5, 5.41) is 2.38. The van der Waals surface area contributed by atoms with Gasteiger partial charge < -0.3 is 4.74 Å². The maximum atomic E-state index is 6.07. The zero-order valence-electron chi connectivity index (χ0n) is 11.7. The Hall–Kier alpha value is -1.80. The molecular weight excluding hydrogens is 324 g/mol. The molecule has 1 unspecified atom stereocenters. The third kappa shape index (κ3) is 3.64. The first-order valence-corrected chi connectivity index (χ1v) is 8.07. The number of alkyl halides is 1. The van der Waals surface area contributed by atoms with Crippen molar-refractivity contribution < 1.29 is 4.74 Å². The Morgan fingerprint density at radius 3 is 2.38 bits per heavy atom. The highest BCUT2D eigenvalue weighted by molar-refractivity contribution is 9.09. The second kappa shape index (κ2) is 6.77. The van der Waals surface area contributed by atoms with Crippen LogP contribution in [0.15, 0.2) is 72.8 Å². The van der Waals surface area contributed by atoms with Gasteiger partial charge in [-0.05, 0) is 45.8 Å². The first kappa shape index (κ1) is 14.2. The quantitative estimate of drug-likeness (QED) is 0.551. The molecule has 0 heterocycles. The molecule has 106 valence electrons. The van der Waals surface area contributed by atoms with E-state index in [1.165, 1.54) is 10.9 Å². The highest BCUT2D eigenvalue weighted by Gasteiger charge is 2.08. The zero-order valence-corrected chi connectivity index (χ0v) is 13.3. The first-order chi connectivity index (χ1) is 10.3. The third-order valence-electron chi connectivity index (χ3n) is 3.51. The Morgan fingerprint density at radius 1 is 0.810 bits per heavy atom. The van der Waals surface area contributed by atoms with Gasteiger partial charge in [-0.25, -0.2) is 0 Å². The molecule has 0 saturated carbocycles. The van der Waals surface area contributed by atoms with Crippen LogP contribution in [0.1, 0.15) is 12.0 Å². The van der Waals surface area contributed by atoms with Crippen LogP contribution in [-0.4, -0.2) is 5.01 Å². The van der Waals surface area contributed by atoms with E-state index in [0.29, 0.717) is 0 Å². The van der Waals surface area contributed by atoms with Gasteiger partial charge >= 0.3 is 0 Å². The summed E-state index contributed by atoms with van der Waals surface area (Å²) in [6, 6.07) is 25.0. The molecular formula is C19H17BrO. The Labute approximate surface area is 133 Å². The Balaban J connectivity index is 1.67. The summed E-state index contributed by atoms with van der Waals surface area (Å²) >= 11 is 3.64. The van der Waals surface area contributed by atoms with E-state index in [4.69, 9.17) is 4.74 Å². The van der Waals surface area contributed by atoms with E-state index in [1.807, 2.05) is 30.3 Å². The molecule has 3 rings (SSSR count). The van der Waals surface area contributed by atoms with Crippen molar-refractivity contribution in [3.63, 3.8) is 0 Å². The largest absolute Gasteiger partial charge is 0.479 e. The van der Waals surface area contributed by atoms with Gasteiger partial charge in [0.2, 0.25) is 0 Å². The predicted octanol–water partition coefficient (Wildman–Crippen LogP) is 5.57. The SMILES string of the molecule is BrC(CCc1ccccc1)Oc1cccc2ccccc12. The van der Waals surface area contributed by atoms with Crippen molar-refractivity contribution in [3.05, 3.63) is 78.4 Å². The molecule has 1 nitrogen and oxygen atoms in total. The van der Waals surface area contributed by atoms with Crippen LogP contribution in [-0.2, 0) is 6.42 Å². The fraction of sp³-hybridized carbons (Fsp3) is 0.158. The molecule has 0 amide bonds. The zero-order chi connectivity index (χ0) is 14.5. The van der Waals surface area contributed by atoms with Crippen molar-refractivity contribution in [2.75, 3.05) is 0 Å². The molecule has 0 bridgehead atoms. The number of rotatable bonds is 5. The normalized spacial score (nSPS) is 12.2. The summed E-state index contributed by atoms with van der Waals surface area (Å²) in [5.41, 5.74) is 1.34. The number of hydrogen-bond acceptors (Lipinski definition) is 1. The third-order valence-corrected chi connectivity index (χ3v) is 4.15. The Morgan fingerprint density at radius 2 is 1.52 bits per heavy atom. The summed E-state index contributed by atoms with van der Waals surface area (Å²) < 4.78 is 6.07. The number of ether oxygens (including phenoxy) is 1. The lowest BCUT2D eigenvalue weighted by Gasteiger charge is -2.15. The second-order valence-electron chi connectivity index (χ2n) is 5.03. The van der Waals surface area contributed by atoms with E-state index in [9.17, 15) is 0 Å². The van der Waals surface area contributed by atoms with E-state index >= 15 is 0 Å². The maximum Gasteiger partial charge on any atom is 0.153 e. The van der Waals surface area contributed by atoms with Crippen molar-refractivity contribution in [2.24, 2.45) is 0 Å². The highest BCUT2D eigenvalue weighted by atomic mass is 79.9. The fourth-order valence-corrected chi connectivity index (χ4v) is 2.85. The molecule has 0 radical (unpaired) electrons. The summed E-state index contributed by atoms with van der Waals surface area (Å²) in [6.45, 7) is 0. The lowest BCUT2D eigenvalue weighted by atomic mass is 10.1. The molecule has 0 spiro atoms. The number of aryl methyl sites for hydroxylation is 1. The number of halogens is 1. The lowest BCUT2D eigenvalue weighted by molar-refractivity contribution is 0.287. The lowest BCUT2D eigenvalue weighted by Crippen LogP contribution is -2.09. The topological polar surface area (TPSA) is 9.23 Å². The molecule has 1 atom stereocenters. The molecule has 0 saturated heterocycles. The molecule has 0 fully saturated rings. The van der Waals surface area contributed by atoms with E-state index in [0.717, 1.165) is 24.0 Å². The van der Waals surface area contributed by atoms with Gasteiger partial charge in [-0.15, -0.1) is 0 Å². The average Bonchev–Trinajstić information content (AvgIpc) is 2.54. The Bertz CT molecular complexity index is 704. The second-order valence-corrected chi connectivity index (χ2v) is 6.05. The van der Waals surface area contributed by atoms with Gasteiger partial charge in [0.15, 0.2) is 5.01 Å². The minimum absolute atomic E-state index is 0.0171. The average molecular weight is 341 g/mol. The van der Waals surface area contributed by atoms with Gasteiger partial charge in [0, 0.05) is 5.39 Å². The molecule has 3 aromatic rings. The summed E-state index contributed by atoms with van der Waals surface area (Å²) in [4.78, 5) is 0. The van der Waals surface area contributed by atoms with Crippen molar-refractivity contribution in [2.45, 2.75) is 17.9 Å². The minimum atomic E-state index is 0.0171. The first-order valence-electron chi connectivity index (χ1n) is 7.15. The van der Waals surface area contributed by atoms with Crippen LogP contribution in [0.4, 0.5) is 0 Å². The fourth-order valence-electron chi connectivity index (χ4n) is 2.42. The molecule has 2 heteroatoms. The predicted molar refractivity (Wildman–Crippen MR) is 92.1 cm³/mol. The van der Waals surface area contributed by atoms with Gasteiger partial charge in [-0.3, -0.25) is 0 Å². The van der Waals surface area contributed by atoms with Crippen LogP contribution in [0.25, 0.3) is 10.8 Å². The van der Waals surface area contributed by atoms with Crippen molar-refractivity contribution in [1.29, 1.82) is 0 Å². The highest BCUT2D eigenvalue weighted by Crippen LogP contribution is 2.27. The van der Waals surface area contributed by atoms with E-state index in [2.05, 4.69) is 58.4 Å². The maximum absolute atomic E-state index is 6.07. The van der Waals surface area contributed by atoms with Crippen LogP contribution in [0.5, 0.6) is 5.75 Å². The van der Waals surface area contributed by atoms with Crippen molar-refractivity contribution >= 4 is 26.7 Å². The van der Waals surface area contributed by atoms with Crippen LogP contribution in [0.2, 0.25) is 0 Å². The minimum Gasteiger partial charge on any atom is -0.479 e. The molecule has 0 aliphatic carbocycles. The van der Waals surface area contributed by atoms with Gasteiger partial charge in [-0.1, -0.05) is 66.7 Å². The standard InChI is InChI=1S/C19H17BrO/c20-19(14-13-15-7-2-1-3-8-15)21-18-12-6-10-16-9-4-5-11-17(16)18/h1-12,19H,13-14H2. The molecule has 3 aromatic carbocycles. The van der Waals surface area contributed by atoms with Gasteiger partial charge in [0.05, 0.1) is 0 Å². The van der Waals surface area contributed by atoms with Crippen LogP contribution < -0.4 is 4.74 Å². The van der Waals surface area contributed by atoms with Crippen LogP contribution in [0, 0.1) is 0 Å². The molecule has 21 heavy (non-hydrogen) atoms. The summed E-state index contributed by atoms with van der Waals surface area (Å²) in [7, 11) is 0. The number of hydrogen-bond donors (Lipinski definition) is 0. The van der Waals surface area contributed by atoms with Gasteiger partial charge in [0.25, 0.3) is 0 Å². The monoisotopic (exact) mass is 340 g/mol. The van der Waals surface area contributed by atoms with E-state index < -0.39 is 0 Å². The van der Waals surface area contributed by atoms with Crippen molar-refractivity contribution in [3.8, 4) is 5.75 Å². The van der Waals surface area contributed by atoms with Gasteiger partial charge in [0.1, 0.15) is 5.75 Å². The summed E-state index contributed by atoms with van der Waals surface area (Å²) in [5.74, 6) is 0.933. The molecule has 0 aliphatic heterocycles. The van der Waals surface area contributed by atoms with Crippen molar-refractivity contribution in [1.82, 2.24) is 0 Å². The number of fused-ring (bicyclic) bond motifs is 1. The van der Waals surface area contributed by atoms with E-state index in [1.54, 1.807) is 0 Å². The smallest absolute Gasteiger partial charge is 0.153 e. The molecule has 0 aromatic heterocycles. The molecule has 0 aliphatic rings. The number of benzene rings is 3. The Kier molecular flexibility index (Phi) is 4.56. The summed E-state index contributed by atoms with van der Waals surface area (Å²) in [6.07, 6.45) is 1.94. The van der Waals surface area contributed by atoms with Crippen LogP contribution in [0.3, 0.4) is 0 Å². The molecule has 0 N–H and O–H groups in total. The van der Waals surface area contributed by atoms with Gasteiger partial charge in [-0.2, -0.15) is 0 Å². The van der Waals surface area contributed by atoms with Crippen LogP contribution >= 0.6 is 15.9 Å². The van der Waals surface area contributed by atoms with E-state index in [-0.39, 0.29) is 5.01 Å².